The molecular weight excluding hydrogens is 152 g/mol. The highest BCUT2D eigenvalue weighted by Crippen LogP contribution is 1.99. The minimum absolute atomic E-state index is 0.257. The lowest BCUT2D eigenvalue weighted by Gasteiger charge is -1.91. The molecule has 4 nitrogen and oxygen atoms in total. The molecule has 0 saturated carbocycles. The Labute approximate surface area is 70.4 Å². The van der Waals surface area contributed by atoms with Crippen molar-refractivity contribution in [2.45, 2.75) is 6.42 Å². The van der Waals surface area contributed by atoms with E-state index >= 15 is 0 Å². The quantitative estimate of drug-likeness (QED) is 0.699. The van der Waals surface area contributed by atoms with Crippen molar-refractivity contribution in [3.05, 3.63) is 24.0 Å². The maximum atomic E-state index is 8.24. The molecule has 12 heavy (non-hydrogen) atoms. The van der Waals surface area contributed by atoms with Gasteiger partial charge in [0.25, 0.3) is 0 Å². The van der Waals surface area contributed by atoms with E-state index < -0.39 is 0 Å². The lowest BCUT2D eigenvalue weighted by Crippen LogP contribution is -1.92. The third-order valence-corrected chi connectivity index (χ3v) is 1.21. The number of nitriles is 1. The summed E-state index contributed by atoms with van der Waals surface area (Å²) in [6.45, 7) is 0. The molecular formula is C8H8N4. The lowest BCUT2D eigenvalue weighted by molar-refractivity contribution is 1.18. The van der Waals surface area contributed by atoms with Gasteiger partial charge in [-0.2, -0.15) is 5.26 Å². The maximum Gasteiger partial charge on any atom is 0.219 e. The molecule has 0 aliphatic rings. The summed E-state index contributed by atoms with van der Waals surface area (Å²) in [7, 11) is 0. The van der Waals surface area contributed by atoms with Crippen LogP contribution in [0.3, 0.4) is 0 Å². The van der Waals surface area contributed by atoms with Crippen LogP contribution in [0.5, 0.6) is 0 Å². The number of rotatable bonds is 2. The van der Waals surface area contributed by atoms with E-state index in [4.69, 9.17) is 11.0 Å². The van der Waals surface area contributed by atoms with Crippen LogP contribution in [0.4, 0.5) is 5.95 Å². The number of nitrogens with zero attached hydrogens (tertiary/aromatic N) is 3. The molecule has 0 spiro atoms. The number of anilines is 1. The Kier molecular flexibility index (Phi) is 2.79. The van der Waals surface area contributed by atoms with E-state index in [0.29, 0.717) is 6.42 Å². The van der Waals surface area contributed by atoms with Gasteiger partial charge in [0.15, 0.2) is 0 Å². The molecule has 0 atom stereocenters. The monoisotopic (exact) mass is 160 g/mol. The third kappa shape index (κ3) is 2.39. The highest BCUT2D eigenvalue weighted by molar-refractivity contribution is 5.47. The van der Waals surface area contributed by atoms with Gasteiger partial charge in [-0.15, -0.1) is 0 Å². The number of aromatic nitrogens is 2. The second kappa shape index (κ2) is 4.09. The number of hydrogen-bond donors (Lipinski definition) is 1. The van der Waals surface area contributed by atoms with Crippen LogP contribution in [-0.2, 0) is 0 Å². The molecule has 1 aromatic rings. The van der Waals surface area contributed by atoms with Crippen molar-refractivity contribution in [3.63, 3.8) is 0 Å². The molecule has 0 amide bonds. The Morgan fingerprint density at radius 1 is 1.50 bits per heavy atom. The predicted octanol–water partition coefficient (Wildman–Crippen LogP) is 0.986. The number of nitrogens with two attached hydrogens (primary N) is 1. The standard InChI is InChI=1S/C8H8N4/c9-4-2-1-3-7-5-11-8(10)12-6-7/h1,3,5-6H,2H2,(H2,10,11,12). The van der Waals surface area contributed by atoms with Crippen molar-refractivity contribution in [3.8, 4) is 6.07 Å². The molecule has 4 heteroatoms. The second-order valence-electron chi connectivity index (χ2n) is 2.14. The first-order chi connectivity index (χ1) is 5.83. The molecule has 1 heterocycles. The van der Waals surface area contributed by atoms with Gasteiger partial charge in [-0.3, -0.25) is 0 Å². The van der Waals surface area contributed by atoms with Crippen LogP contribution in [0.15, 0.2) is 18.5 Å². The average molecular weight is 160 g/mol. The zero-order chi connectivity index (χ0) is 8.81. The molecule has 0 radical (unpaired) electrons. The van der Waals surface area contributed by atoms with Crippen molar-refractivity contribution in [1.29, 1.82) is 5.26 Å². The van der Waals surface area contributed by atoms with Gasteiger partial charge < -0.3 is 5.73 Å². The van der Waals surface area contributed by atoms with Gasteiger partial charge in [-0.1, -0.05) is 12.2 Å². The van der Waals surface area contributed by atoms with E-state index in [1.165, 1.54) is 0 Å². The third-order valence-electron chi connectivity index (χ3n) is 1.21. The molecule has 60 valence electrons. The van der Waals surface area contributed by atoms with Gasteiger partial charge in [0.1, 0.15) is 0 Å². The number of allylic oxidation sites excluding steroid dienone is 1. The van der Waals surface area contributed by atoms with Crippen molar-refractivity contribution in [1.82, 2.24) is 9.97 Å². The Balaban J connectivity index is 2.66. The minimum atomic E-state index is 0.257. The van der Waals surface area contributed by atoms with Crippen LogP contribution in [0.25, 0.3) is 6.08 Å². The zero-order valence-electron chi connectivity index (χ0n) is 6.44. The summed E-state index contributed by atoms with van der Waals surface area (Å²) in [6.07, 6.45) is 7.13. The van der Waals surface area contributed by atoms with E-state index in [1.807, 2.05) is 6.07 Å². The van der Waals surface area contributed by atoms with Gasteiger partial charge >= 0.3 is 0 Å². The Hall–Kier alpha value is -1.89. The van der Waals surface area contributed by atoms with Crippen LogP contribution < -0.4 is 5.73 Å². The zero-order valence-corrected chi connectivity index (χ0v) is 6.44. The van der Waals surface area contributed by atoms with Gasteiger partial charge in [-0.05, 0) is 0 Å². The van der Waals surface area contributed by atoms with E-state index in [0.717, 1.165) is 5.56 Å². The SMILES string of the molecule is N#CCC=Cc1cnc(N)nc1. The largest absolute Gasteiger partial charge is 0.368 e. The van der Waals surface area contributed by atoms with Crippen LogP contribution in [0, 0.1) is 11.3 Å². The topological polar surface area (TPSA) is 75.6 Å². The first-order valence-corrected chi connectivity index (χ1v) is 3.44. The highest BCUT2D eigenvalue weighted by atomic mass is 15.0. The highest BCUT2D eigenvalue weighted by Gasteiger charge is 1.87. The van der Waals surface area contributed by atoms with E-state index in [9.17, 15) is 0 Å². The van der Waals surface area contributed by atoms with Gasteiger partial charge in [-0.25, -0.2) is 9.97 Å². The Morgan fingerprint density at radius 3 is 2.75 bits per heavy atom. The molecule has 0 saturated heterocycles. The van der Waals surface area contributed by atoms with Crippen LogP contribution in [0.2, 0.25) is 0 Å². The normalized spacial score (nSPS) is 9.92. The lowest BCUT2D eigenvalue weighted by atomic mass is 10.3. The molecule has 2 N–H and O–H groups in total. The minimum Gasteiger partial charge on any atom is -0.368 e. The van der Waals surface area contributed by atoms with Crippen molar-refractivity contribution in [2.24, 2.45) is 0 Å². The summed E-state index contributed by atoms with van der Waals surface area (Å²) in [5, 5.41) is 8.24. The fraction of sp³-hybridized carbons (Fsp3) is 0.125. The number of nitrogen functional groups attached to an aromatic ring is 1. The Bertz CT molecular complexity index is 307. The molecule has 0 bridgehead atoms. The van der Waals surface area contributed by atoms with Crippen LogP contribution >= 0.6 is 0 Å². The molecule has 1 aromatic heterocycles. The summed E-state index contributed by atoms with van der Waals surface area (Å²) < 4.78 is 0. The molecule has 0 aromatic carbocycles. The van der Waals surface area contributed by atoms with Gasteiger partial charge in [0.2, 0.25) is 5.95 Å². The summed E-state index contributed by atoms with van der Waals surface area (Å²) in [5.41, 5.74) is 6.13. The van der Waals surface area contributed by atoms with E-state index in [-0.39, 0.29) is 5.95 Å². The van der Waals surface area contributed by atoms with Crippen LogP contribution in [0.1, 0.15) is 12.0 Å². The van der Waals surface area contributed by atoms with E-state index in [1.54, 1.807) is 24.5 Å². The first kappa shape index (κ1) is 8.21. The van der Waals surface area contributed by atoms with Crippen molar-refractivity contribution in [2.75, 3.05) is 5.73 Å². The summed E-state index contributed by atoms with van der Waals surface area (Å²) in [6, 6.07) is 2.00. The molecule has 0 unspecified atom stereocenters. The van der Waals surface area contributed by atoms with Crippen molar-refractivity contribution >= 4 is 12.0 Å². The van der Waals surface area contributed by atoms with Crippen molar-refractivity contribution < 1.29 is 0 Å². The smallest absolute Gasteiger partial charge is 0.219 e. The molecule has 0 fully saturated rings. The molecule has 0 aliphatic heterocycles. The number of hydrogen-bond acceptors (Lipinski definition) is 4. The first-order valence-electron chi connectivity index (χ1n) is 3.44. The van der Waals surface area contributed by atoms with Gasteiger partial charge in [0.05, 0.1) is 12.5 Å². The van der Waals surface area contributed by atoms with E-state index in [2.05, 4.69) is 9.97 Å². The summed E-state index contributed by atoms with van der Waals surface area (Å²) in [5.74, 6) is 0.257. The molecule has 1 rings (SSSR count). The fourth-order valence-corrected chi connectivity index (χ4v) is 0.682. The summed E-state index contributed by atoms with van der Waals surface area (Å²) >= 11 is 0. The molecule has 0 aliphatic carbocycles. The fourth-order valence-electron chi connectivity index (χ4n) is 0.682. The average Bonchev–Trinajstić information content (AvgIpc) is 2.09. The maximum absolute atomic E-state index is 8.24. The summed E-state index contributed by atoms with van der Waals surface area (Å²) in [4.78, 5) is 7.58. The second-order valence-corrected chi connectivity index (χ2v) is 2.14. The predicted molar refractivity (Wildman–Crippen MR) is 45.7 cm³/mol. The Morgan fingerprint density at radius 2 is 2.17 bits per heavy atom. The van der Waals surface area contributed by atoms with Gasteiger partial charge in [0, 0.05) is 18.0 Å². The van der Waals surface area contributed by atoms with Crippen LogP contribution in [-0.4, -0.2) is 9.97 Å².